The van der Waals surface area contributed by atoms with Gasteiger partial charge >= 0.3 is 0 Å². The van der Waals surface area contributed by atoms with Crippen molar-refractivity contribution >= 4 is 23.1 Å². The maximum Gasteiger partial charge on any atom is 0.157 e. The second-order valence-corrected chi connectivity index (χ2v) is 5.18. The third-order valence-electron chi connectivity index (χ3n) is 3.54. The minimum absolute atomic E-state index is 0.370. The first-order chi connectivity index (χ1) is 11.6. The molecule has 0 bridgehead atoms. The largest absolute Gasteiger partial charge is 0.496 e. The monoisotopic (exact) mass is 352 g/mol. The van der Waals surface area contributed by atoms with Crippen LogP contribution in [-0.4, -0.2) is 44.9 Å². The summed E-state index contributed by atoms with van der Waals surface area (Å²) >= 11 is 6.05. The fraction of sp³-hybridized carbons (Fsp3) is 0.375. The van der Waals surface area contributed by atoms with Crippen LogP contribution in [0.2, 0.25) is 5.15 Å². The third kappa shape index (κ3) is 3.91. The number of benzene rings is 1. The van der Waals surface area contributed by atoms with Crippen LogP contribution in [0.15, 0.2) is 18.5 Å². The van der Waals surface area contributed by atoms with Crippen molar-refractivity contribution in [2.24, 2.45) is 0 Å². The molecule has 8 heteroatoms. The van der Waals surface area contributed by atoms with E-state index in [-0.39, 0.29) is 0 Å². The Morgan fingerprint density at radius 3 is 2.25 bits per heavy atom. The van der Waals surface area contributed by atoms with Crippen LogP contribution in [0, 0.1) is 0 Å². The van der Waals surface area contributed by atoms with E-state index in [0.29, 0.717) is 46.9 Å². The average Bonchev–Trinajstić information content (AvgIpc) is 2.61. The highest BCUT2D eigenvalue weighted by molar-refractivity contribution is 6.32. The molecule has 130 valence electrons. The number of hydrogen-bond donors (Lipinski definition) is 2. The van der Waals surface area contributed by atoms with Crippen molar-refractivity contribution in [3.8, 4) is 17.2 Å². The summed E-state index contributed by atoms with van der Waals surface area (Å²) in [6.07, 6.45) is 2.08. The molecule has 0 unspecified atom stereocenters. The minimum atomic E-state index is 0.370. The lowest BCUT2D eigenvalue weighted by molar-refractivity contribution is 0.369. The van der Waals surface area contributed by atoms with Crippen molar-refractivity contribution in [2.75, 3.05) is 45.6 Å². The van der Waals surface area contributed by atoms with Crippen LogP contribution in [0.3, 0.4) is 0 Å². The summed E-state index contributed by atoms with van der Waals surface area (Å²) in [5.41, 5.74) is 1.60. The number of halogens is 1. The van der Waals surface area contributed by atoms with Gasteiger partial charge < -0.3 is 24.8 Å². The molecule has 7 nitrogen and oxygen atoms in total. The van der Waals surface area contributed by atoms with Gasteiger partial charge in [-0.05, 0) is 6.42 Å². The average molecular weight is 353 g/mol. The Hall–Kier alpha value is -2.41. The fourth-order valence-corrected chi connectivity index (χ4v) is 2.58. The number of nitrogens with one attached hydrogen (secondary N) is 2. The van der Waals surface area contributed by atoms with Gasteiger partial charge in [0.05, 0.1) is 21.3 Å². The van der Waals surface area contributed by atoms with Crippen molar-refractivity contribution in [3.63, 3.8) is 0 Å². The van der Waals surface area contributed by atoms with E-state index in [1.165, 1.54) is 6.33 Å². The zero-order valence-electron chi connectivity index (χ0n) is 14.1. The van der Waals surface area contributed by atoms with Gasteiger partial charge in [-0.1, -0.05) is 11.6 Å². The summed E-state index contributed by atoms with van der Waals surface area (Å²) in [6, 6.07) is 3.66. The van der Waals surface area contributed by atoms with Gasteiger partial charge in [-0.25, -0.2) is 9.97 Å². The molecule has 0 aliphatic carbocycles. The predicted octanol–water partition coefficient (Wildman–Crippen LogP) is 2.85. The van der Waals surface area contributed by atoms with Gasteiger partial charge in [-0.2, -0.15) is 0 Å². The number of hydrogen-bond acceptors (Lipinski definition) is 7. The van der Waals surface area contributed by atoms with E-state index >= 15 is 0 Å². The van der Waals surface area contributed by atoms with Crippen molar-refractivity contribution in [1.82, 2.24) is 9.97 Å². The molecule has 0 saturated heterocycles. The molecule has 2 N–H and O–H groups in total. The number of anilines is 2. The molecule has 0 amide bonds. The lowest BCUT2D eigenvalue weighted by Crippen LogP contribution is -2.10. The van der Waals surface area contributed by atoms with Gasteiger partial charge in [0.25, 0.3) is 0 Å². The molecule has 2 aromatic rings. The smallest absolute Gasteiger partial charge is 0.157 e. The first-order valence-corrected chi connectivity index (χ1v) is 7.73. The minimum Gasteiger partial charge on any atom is -0.496 e. The summed E-state index contributed by atoms with van der Waals surface area (Å²) in [4.78, 5) is 8.15. The van der Waals surface area contributed by atoms with Gasteiger partial charge in [-0.3, -0.25) is 0 Å². The molecule has 24 heavy (non-hydrogen) atoms. The number of methoxy groups -OCH3 is 3. The molecule has 1 aromatic carbocycles. The van der Waals surface area contributed by atoms with Crippen molar-refractivity contribution < 1.29 is 14.2 Å². The fourth-order valence-electron chi connectivity index (χ4n) is 2.35. The topological polar surface area (TPSA) is 77.5 Å². The Kier molecular flexibility index (Phi) is 6.31. The number of rotatable bonds is 8. The first-order valence-electron chi connectivity index (χ1n) is 7.35. The van der Waals surface area contributed by atoms with Gasteiger partial charge in [-0.15, -0.1) is 0 Å². The highest BCUT2D eigenvalue weighted by atomic mass is 35.5. The van der Waals surface area contributed by atoms with Crippen molar-refractivity contribution in [1.29, 1.82) is 0 Å². The van der Waals surface area contributed by atoms with Gasteiger partial charge in [0.2, 0.25) is 0 Å². The first kappa shape index (κ1) is 17.9. The zero-order valence-corrected chi connectivity index (χ0v) is 14.9. The third-order valence-corrected chi connectivity index (χ3v) is 3.82. The summed E-state index contributed by atoms with van der Waals surface area (Å²) in [6.45, 7) is 0.612. The maximum atomic E-state index is 6.05. The summed E-state index contributed by atoms with van der Waals surface area (Å²) in [5.74, 6) is 2.74. The van der Waals surface area contributed by atoms with Crippen LogP contribution in [0.1, 0.15) is 5.56 Å². The summed E-state index contributed by atoms with van der Waals surface area (Å²) in [5, 5.41) is 6.60. The highest BCUT2D eigenvalue weighted by Crippen LogP contribution is 2.34. The standard InChI is InChI=1S/C16H21ClN4O3/c1-18-14-15(17)20-9-21-16(14)19-6-5-11-12(23-3)7-10(22-2)8-13(11)24-4/h7-9,18H,5-6H2,1-4H3,(H,19,20,21). The molecule has 0 saturated carbocycles. The van der Waals surface area contributed by atoms with Crippen molar-refractivity contribution in [3.05, 3.63) is 29.2 Å². The van der Waals surface area contributed by atoms with Crippen LogP contribution in [0.4, 0.5) is 11.5 Å². The lowest BCUT2D eigenvalue weighted by Gasteiger charge is -2.16. The molecule has 2 rings (SSSR count). The van der Waals surface area contributed by atoms with E-state index in [1.807, 2.05) is 12.1 Å². The van der Waals surface area contributed by atoms with Crippen LogP contribution >= 0.6 is 11.6 Å². The normalized spacial score (nSPS) is 10.2. The zero-order chi connectivity index (χ0) is 17.5. The predicted molar refractivity (Wildman–Crippen MR) is 94.9 cm³/mol. The number of ether oxygens (including phenoxy) is 3. The molecule has 1 aromatic heterocycles. The van der Waals surface area contributed by atoms with E-state index in [1.54, 1.807) is 28.4 Å². The molecule has 0 spiro atoms. The Balaban J connectivity index is 2.16. The second kappa shape index (κ2) is 8.44. The van der Waals surface area contributed by atoms with Crippen LogP contribution in [0.5, 0.6) is 17.2 Å². The van der Waals surface area contributed by atoms with Gasteiger partial charge in [0.15, 0.2) is 11.0 Å². The Morgan fingerprint density at radius 1 is 1.04 bits per heavy atom. The van der Waals surface area contributed by atoms with Crippen molar-refractivity contribution in [2.45, 2.75) is 6.42 Å². The van der Waals surface area contributed by atoms with Crippen LogP contribution < -0.4 is 24.8 Å². The molecule has 0 fully saturated rings. The van der Waals surface area contributed by atoms with E-state index in [0.717, 1.165) is 5.56 Å². The SMILES string of the molecule is CNc1c(Cl)ncnc1NCCc1c(OC)cc(OC)cc1OC. The number of nitrogens with zero attached hydrogens (tertiary/aromatic N) is 2. The van der Waals surface area contributed by atoms with E-state index in [2.05, 4.69) is 20.6 Å². The molecule has 0 radical (unpaired) electrons. The van der Waals surface area contributed by atoms with Gasteiger partial charge in [0.1, 0.15) is 29.3 Å². The molecule has 0 aliphatic rings. The number of aromatic nitrogens is 2. The second-order valence-electron chi connectivity index (χ2n) is 4.83. The summed E-state index contributed by atoms with van der Waals surface area (Å²) < 4.78 is 16.2. The Labute approximate surface area is 146 Å². The molecular formula is C16H21ClN4O3. The van der Waals surface area contributed by atoms with E-state index in [4.69, 9.17) is 25.8 Å². The van der Waals surface area contributed by atoms with E-state index in [9.17, 15) is 0 Å². The molecular weight excluding hydrogens is 332 g/mol. The van der Waals surface area contributed by atoms with E-state index < -0.39 is 0 Å². The quantitative estimate of drug-likeness (QED) is 0.707. The molecule has 0 aliphatic heterocycles. The maximum absolute atomic E-state index is 6.05. The Morgan fingerprint density at radius 2 is 1.71 bits per heavy atom. The molecule has 0 atom stereocenters. The van der Waals surface area contributed by atoms with Gasteiger partial charge in [0, 0.05) is 31.3 Å². The summed E-state index contributed by atoms with van der Waals surface area (Å²) in [7, 11) is 6.61. The van der Waals surface area contributed by atoms with Crippen LogP contribution in [0.25, 0.3) is 0 Å². The lowest BCUT2D eigenvalue weighted by atomic mass is 10.1. The highest BCUT2D eigenvalue weighted by Gasteiger charge is 2.14. The van der Waals surface area contributed by atoms with Crippen LogP contribution in [-0.2, 0) is 6.42 Å². The Bertz CT molecular complexity index is 672. The molecule has 1 heterocycles.